The number of hydrogen-bond acceptors (Lipinski definition) is 2. The molecule has 0 aromatic heterocycles. The van der Waals surface area contributed by atoms with Crippen LogP contribution in [0.2, 0.25) is 0 Å². The Balaban J connectivity index is 0.00000180. The zero-order chi connectivity index (χ0) is 13.0. The highest BCUT2D eigenvalue weighted by atomic mass is 35.5. The minimum Gasteiger partial charge on any atom is -0.353 e. The van der Waals surface area contributed by atoms with Crippen molar-refractivity contribution in [3.63, 3.8) is 0 Å². The molecule has 1 saturated carbocycles. The van der Waals surface area contributed by atoms with Gasteiger partial charge in [0, 0.05) is 12.1 Å². The average Bonchev–Trinajstić information content (AvgIpc) is 2.91. The topological polar surface area (TPSA) is 55.1 Å². The summed E-state index contributed by atoms with van der Waals surface area (Å²) in [5.74, 6) is -0.105. The Labute approximate surface area is 121 Å². The number of hydrogen-bond donors (Lipinski definition) is 2. The van der Waals surface area contributed by atoms with Gasteiger partial charge in [-0.1, -0.05) is 50.1 Å². The molecule has 1 aliphatic rings. The first-order valence-electron chi connectivity index (χ1n) is 6.79. The van der Waals surface area contributed by atoms with Crippen molar-refractivity contribution in [2.75, 3.05) is 0 Å². The Morgan fingerprint density at radius 3 is 2.42 bits per heavy atom. The van der Waals surface area contributed by atoms with E-state index in [1.165, 1.54) is 12.8 Å². The van der Waals surface area contributed by atoms with Crippen LogP contribution in [0.1, 0.15) is 44.2 Å². The predicted octanol–water partition coefficient (Wildman–Crippen LogP) is 2.80. The van der Waals surface area contributed by atoms with Crippen LogP contribution in [-0.4, -0.2) is 11.9 Å². The third-order valence-electron chi connectivity index (χ3n) is 3.84. The number of carbonyl (C=O) groups is 1. The molecule has 2 unspecified atom stereocenters. The molecular weight excluding hydrogens is 260 g/mol. The van der Waals surface area contributed by atoms with E-state index in [0.717, 1.165) is 18.4 Å². The van der Waals surface area contributed by atoms with E-state index in [9.17, 15) is 4.79 Å². The predicted molar refractivity (Wildman–Crippen MR) is 80.2 cm³/mol. The molecule has 0 heterocycles. The minimum atomic E-state index is -0.229. The molecular formula is C15H23ClN2O. The monoisotopic (exact) mass is 282 g/mol. The molecule has 3 nitrogen and oxygen atoms in total. The number of amides is 1. The molecule has 0 radical (unpaired) electrons. The smallest absolute Gasteiger partial charge is 0.224 e. The Morgan fingerprint density at radius 2 is 1.84 bits per heavy atom. The van der Waals surface area contributed by atoms with Gasteiger partial charge in [0.2, 0.25) is 5.91 Å². The normalized spacial score (nSPS) is 18.4. The van der Waals surface area contributed by atoms with Gasteiger partial charge in [-0.2, -0.15) is 0 Å². The van der Waals surface area contributed by atoms with Crippen molar-refractivity contribution in [1.29, 1.82) is 0 Å². The fourth-order valence-electron chi connectivity index (χ4n) is 2.53. The highest BCUT2D eigenvalue weighted by Crippen LogP contribution is 2.22. The number of nitrogens with two attached hydrogens (primary N) is 1. The van der Waals surface area contributed by atoms with E-state index in [1.807, 2.05) is 37.3 Å². The molecule has 0 spiro atoms. The second kappa shape index (κ2) is 7.51. The number of rotatable bonds is 4. The van der Waals surface area contributed by atoms with E-state index >= 15 is 0 Å². The van der Waals surface area contributed by atoms with Crippen molar-refractivity contribution in [3.8, 4) is 0 Å². The highest BCUT2D eigenvalue weighted by Gasteiger charge is 2.25. The fraction of sp³-hybridized carbons (Fsp3) is 0.533. The first-order valence-corrected chi connectivity index (χ1v) is 6.79. The van der Waals surface area contributed by atoms with Crippen molar-refractivity contribution < 1.29 is 4.79 Å². The lowest BCUT2D eigenvalue weighted by atomic mass is 9.94. The van der Waals surface area contributed by atoms with Crippen LogP contribution >= 0.6 is 12.4 Å². The van der Waals surface area contributed by atoms with Gasteiger partial charge in [-0.05, 0) is 18.4 Å². The van der Waals surface area contributed by atoms with Gasteiger partial charge in [-0.25, -0.2) is 0 Å². The second-order valence-electron chi connectivity index (χ2n) is 5.22. The maximum Gasteiger partial charge on any atom is 0.224 e. The minimum absolute atomic E-state index is 0. The molecule has 1 aromatic rings. The van der Waals surface area contributed by atoms with Crippen molar-refractivity contribution in [3.05, 3.63) is 35.9 Å². The second-order valence-corrected chi connectivity index (χ2v) is 5.22. The molecule has 1 aliphatic carbocycles. The molecule has 1 fully saturated rings. The van der Waals surface area contributed by atoms with Crippen molar-refractivity contribution in [1.82, 2.24) is 5.32 Å². The maximum atomic E-state index is 12.1. The van der Waals surface area contributed by atoms with E-state index < -0.39 is 0 Å². The summed E-state index contributed by atoms with van der Waals surface area (Å²) in [5.41, 5.74) is 7.17. The first kappa shape index (κ1) is 16.0. The molecule has 19 heavy (non-hydrogen) atoms. The zero-order valence-corrected chi connectivity index (χ0v) is 12.2. The van der Waals surface area contributed by atoms with Crippen molar-refractivity contribution >= 4 is 18.3 Å². The van der Waals surface area contributed by atoms with Gasteiger partial charge in [0.1, 0.15) is 0 Å². The molecule has 3 N–H and O–H groups in total. The van der Waals surface area contributed by atoms with Gasteiger partial charge in [0.05, 0.1) is 5.92 Å². The van der Waals surface area contributed by atoms with E-state index in [4.69, 9.17) is 5.73 Å². The Morgan fingerprint density at radius 1 is 1.26 bits per heavy atom. The number of benzene rings is 1. The third-order valence-corrected chi connectivity index (χ3v) is 3.84. The molecule has 1 aromatic carbocycles. The molecule has 0 saturated heterocycles. The standard InChI is InChI=1S/C15H22N2O.ClH/c1-11(14(16)12-7-3-2-4-8-12)15(18)17-13-9-5-6-10-13;/h2-4,7-8,11,13-14H,5-6,9-10,16H2,1H3,(H,17,18);1H. The summed E-state index contributed by atoms with van der Waals surface area (Å²) in [6, 6.07) is 9.96. The van der Waals surface area contributed by atoms with Crippen LogP contribution in [0.3, 0.4) is 0 Å². The summed E-state index contributed by atoms with van der Waals surface area (Å²) >= 11 is 0. The lowest BCUT2D eigenvalue weighted by molar-refractivity contribution is -0.125. The largest absolute Gasteiger partial charge is 0.353 e. The zero-order valence-electron chi connectivity index (χ0n) is 11.3. The van der Waals surface area contributed by atoms with Gasteiger partial charge in [-0.3, -0.25) is 4.79 Å². The van der Waals surface area contributed by atoms with Crippen LogP contribution in [0.5, 0.6) is 0 Å². The SMILES string of the molecule is CC(C(=O)NC1CCCC1)C(N)c1ccccc1.Cl. The van der Waals surface area contributed by atoms with E-state index in [0.29, 0.717) is 6.04 Å². The lowest BCUT2D eigenvalue weighted by Gasteiger charge is -2.22. The average molecular weight is 283 g/mol. The molecule has 106 valence electrons. The van der Waals surface area contributed by atoms with E-state index in [1.54, 1.807) is 0 Å². The highest BCUT2D eigenvalue weighted by molar-refractivity contribution is 5.85. The van der Waals surface area contributed by atoms with Crippen molar-refractivity contribution in [2.24, 2.45) is 11.7 Å². The van der Waals surface area contributed by atoms with Crippen molar-refractivity contribution in [2.45, 2.75) is 44.7 Å². The quantitative estimate of drug-likeness (QED) is 0.892. The van der Waals surface area contributed by atoms with Gasteiger partial charge >= 0.3 is 0 Å². The lowest BCUT2D eigenvalue weighted by Crippen LogP contribution is -2.40. The number of halogens is 1. The Kier molecular flexibility index (Phi) is 6.32. The van der Waals surface area contributed by atoms with Gasteiger partial charge in [0.25, 0.3) is 0 Å². The molecule has 1 amide bonds. The van der Waals surface area contributed by atoms with Gasteiger partial charge in [-0.15, -0.1) is 12.4 Å². The number of nitrogens with one attached hydrogen (secondary N) is 1. The summed E-state index contributed by atoms with van der Waals surface area (Å²) < 4.78 is 0. The van der Waals surface area contributed by atoms with Crippen LogP contribution in [0.25, 0.3) is 0 Å². The Bertz CT molecular complexity index is 390. The summed E-state index contributed by atoms with van der Waals surface area (Å²) in [6.07, 6.45) is 4.67. The maximum absolute atomic E-state index is 12.1. The summed E-state index contributed by atoms with van der Waals surface area (Å²) in [5, 5.41) is 3.11. The van der Waals surface area contributed by atoms with Crippen LogP contribution < -0.4 is 11.1 Å². The number of carbonyl (C=O) groups excluding carboxylic acids is 1. The molecule has 2 rings (SSSR count). The third kappa shape index (κ3) is 4.22. The molecule has 0 aliphatic heterocycles. The summed E-state index contributed by atoms with van der Waals surface area (Å²) in [6.45, 7) is 1.90. The molecule has 0 bridgehead atoms. The van der Waals surface area contributed by atoms with E-state index in [-0.39, 0.29) is 30.3 Å². The summed E-state index contributed by atoms with van der Waals surface area (Å²) in [7, 11) is 0. The van der Waals surface area contributed by atoms with E-state index in [2.05, 4.69) is 5.32 Å². The summed E-state index contributed by atoms with van der Waals surface area (Å²) in [4.78, 5) is 12.1. The Hall–Kier alpha value is -1.06. The van der Waals surface area contributed by atoms with Gasteiger partial charge < -0.3 is 11.1 Å². The van der Waals surface area contributed by atoms with Crippen LogP contribution in [0.15, 0.2) is 30.3 Å². The molecule has 4 heteroatoms. The van der Waals surface area contributed by atoms with Crippen LogP contribution in [-0.2, 0) is 4.79 Å². The van der Waals surface area contributed by atoms with Crippen LogP contribution in [0.4, 0.5) is 0 Å². The van der Waals surface area contributed by atoms with Crippen LogP contribution in [0, 0.1) is 5.92 Å². The molecule has 2 atom stereocenters. The fourth-order valence-corrected chi connectivity index (χ4v) is 2.53. The first-order chi connectivity index (χ1) is 8.68. The van der Waals surface area contributed by atoms with Gasteiger partial charge in [0.15, 0.2) is 0 Å².